The van der Waals surface area contributed by atoms with Crippen molar-refractivity contribution < 1.29 is 39.8 Å². The lowest BCUT2D eigenvalue weighted by atomic mass is 9.99. The van der Waals surface area contributed by atoms with Gasteiger partial charge in [0.15, 0.2) is 6.29 Å². The number of aliphatic hydroxyl groups excluding tert-OH is 5. The van der Waals surface area contributed by atoms with E-state index in [2.05, 4.69) is 67.8 Å². The fourth-order valence-electron chi connectivity index (χ4n) is 8.23. The van der Waals surface area contributed by atoms with Crippen LogP contribution in [0.2, 0.25) is 0 Å². The van der Waals surface area contributed by atoms with E-state index in [9.17, 15) is 30.3 Å². The van der Waals surface area contributed by atoms with Crippen molar-refractivity contribution in [2.75, 3.05) is 13.2 Å². The van der Waals surface area contributed by atoms with Gasteiger partial charge in [0, 0.05) is 6.42 Å². The van der Waals surface area contributed by atoms with Gasteiger partial charge in [-0.25, -0.2) is 0 Å². The zero-order valence-corrected chi connectivity index (χ0v) is 41.0. The van der Waals surface area contributed by atoms with Gasteiger partial charge in [-0.05, 0) is 38.5 Å². The van der Waals surface area contributed by atoms with E-state index in [0.717, 1.165) is 44.9 Å². The third kappa shape index (κ3) is 34.2. The third-order valence-electron chi connectivity index (χ3n) is 12.4. The number of carbonyl (C=O) groups is 1. The lowest BCUT2D eigenvalue weighted by Gasteiger charge is -2.40. The zero-order chi connectivity index (χ0) is 46.6. The van der Waals surface area contributed by atoms with E-state index >= 15 is 0 Å². The van der Waals surface area contributed by atoms with E-state index in [-0.39, 0.29) is 18.9 Å². The van der Waals surface area contributed by atoms with Crippen LogP contribution in [0.5, 0.6) is 0 Å². The topological polar surface area (TPSA) is 149 Å². The van der Waals surface area contributed by atoms with Crippen molar-refractivity contribution in [3.05, 3.63) is 60.8 Å². The Balaban J connectivity index is 2.25. The van der Waals surface area contributed by atoms with E-state index < -0.39 is 49.5 Å². The Bertz CT molecular complexity index is 1180. The third-order valence-corrected chi connectivity index (χ3v) is 12.4. The Kier molecular flexibility index (Phi) is 41.9. The first kappa shape index (κ1) is 59.9. The minimum atomic E-state index is -1.57. The molecule has 6 N–H and O–H groups in total. The van der Waals surface area contributed by atoms with Gasteiger partial charge in [-0.1, -0.05) is 242 Å². The van der Waals surface area contributed by atoms with Crippen LogP contribution < -0.4 is 5.32 Å². The minimum absolute atomic E-state index is 0.135. The number of rotatable bonds is 44. The van der Waals surface area contributed by atoms with Crippen LogP contribution in [0, 0.1) is 0 Å². The fourth-order valence-corrected chi connectivity index (χ4v) is 8.23. The normalized spacial score (nSPS) is 20.5. The monoisotopic (exact) mass is 902 g/mol. The van der Waals surface area contributed by atoms with Gasteiger partial charge < -0.3 is 40.3 Å². The maximum Gasteiger partial charge on any atom is 0.224 e. The van der Waals surface area contributed by atoms with E-state index in [4.69, 9.17) is 9.47 Å². The maximum absolute atomic E-state index is 12.9. The molecule has 1 heterocycles. The molecule has 1 saturated heterocycles. The van der Waals surface area contributed by atoms with E-state index in [1.54, 1.807) is 6.08 Å². The number of ether oxygens (including phenoxy) is 2. The largest absolute Gasteiger partial charge is 0.394 e. The van der Waals surface area contributed by atoms with Crippen molar-refractivity contribution in [2.45, 2.75) is 269 Å². The molecule has 9 heteroatoms. The molecule has 0 aromatic heterocycles. The number of allylic oxidation sites excluding steroid dienone is 9. The first-order chi connectivity index (χ1) is 31.3. The average Bonchev–Trinajstić information content (AvgIpc) is 3.29. The number of carbonyl (C=O) groups excluding carboxylic acids is 1. The maximum atomic E-state index is 12.9. The van der Waals surface area contributed by atoms with Crippen LogP contribution in [-0.4, -0.2) is 87.5 Å². The highest BCUT2D eigenvalue weighted by molar-refractivity contribution is 5.77. The van der Waals surface area contributed by atoms with Gasteiger partial charge in [0.25, 0.3) is 0 Å². The van der Waals surface area contributed by atoms with Crippen molar-refractivity contribution in [1.82, 2.24) is 5.32 Å². The second-order valence-corrected chi connectivity index (χ2v) is 18.3. The first-order valence-electron chi connectivity index (χ1n) is 26.5. The second kappa shape index (κ2) is 44.7. The van der Waals surface area contributed by atoms with Crippen LogP contribution in [0.25, 0.3) is 0 Å². The van der Waals surface area contributed by atoms with Crippen molar-refractivity contribution in [3.63, 3.8) is 0 Å². The number of nitrogens with one attached hydrogen (secondary N) is 1. The quantitative estimate of drug-likeness (QED) is 0.0262. The lowest BCUT2D eigenvalue weighted by Crippen LogP contribution is -2.60. The standard InChI is InChI=1S/C55H99NO8/c1-3-5-7-9-11-13-15-17-19-20-21-22-23-24-25-26-27-28-29-31-32-34-36-38-40-42-44-49(58)48(47-63-55-54(62)53(61)52(60)50(46-57)64-55)56-51(59)45-43-41-39-37-35-33-30-18-16-14-12-10-8-6-4-2/h6,8,12,14,18,30,35,37,41,43,48-50,52-55,57-58,60-62H,3-5,7,9-11,13,15-17,19-29,31-34,36,38-40,42,44-47H2,1-2H3,(H,56,59)/b8-6-,14-12-,30-18-,37-35-,43-41-. The van der Waals surface area contributed by atoms with Crippen LogP contribution >= 0.6 is 0 Å². The predicted molar refractivity (Wildman–Crippen MR) is 267 cm³/mol. The molecule has 9 nitrogen and oxygen atoms in total. The molecule has 0 radical (unpaired) electrons. The molecule has 1 aliphatic heterocycles. The molecule has 1 fully saturated rings. The zero-order valence-electron chi connectivity index (χ0n) is 41.0. The summed E-state index contributed by atoms with van der Waals surface area (Å²) in [5.41, 5.74) is 0. The molecule has 1 rings (SSSR count). The highest BCUT2D eigenvalue weighted by atomic mass is 16.7. The molecule has 0 aliphatic carbocycles. The molecule has 0 saturated carbocycles. The number of hydrogen-bond donors (Lipinski definition) is 6. The molecular weight excluding hydrogens is 803 g/mol. The van der Waals surface area contributed by atoms with Crippen LogP contribution in [0.15, 0.2) is 60.8 Å². The van der Waals surface area contributed by atoms with E-state index in [0.29, 0.717) is 12.8 Å². The highest BCUT2D eigenvalue weighted by Crippen LogP contribution is 2.23. The molecule has 372 valence electrons. The predicted octanol–water partition coefficient (Wildman–Crippen LogP) is 12.3. The second-order valence-electron chi connectivity index (χ2n) is 18.3. The summed E-state index contributed by atoms with van der Waals surface area (Å²) in [6.07, 6.45) is 52.8. The molecular formula is C55H99NO8. The summed E-state index contributed by atoms with van der Waals surface area (Å²) in [5, 5.41) is 54.4. The van der Waals surface area contributed by atoms with Crippen LogP contribution in [0.4, 0.5) is 0 Å². The van der Waals surface area contributed by atoms with Gasteiger partial charge in [0.05, 0.1) is 25.4 Å². The average molecular weight is 902 g/mol. The lowest BCUT2D eigenvalue weighted by molar-refractivity contribution is -0.302. The molecule has 0 aromatic carbocycles. The molecule has 64 heavy (non-hydrogen) atoms. The van der Waals surface area contributed by atoms with Crippen molar-refractivity contribution in [2.24, 2.45) is 0 Å². The smallest absolute Gasteiger partial charge is 0.224 e. The van der Waals surface area contributed by atoms with Crippen molar-refractivity contribution in [1.29, 1.82) is 0 Å². The summed E-state index contributed by atoms with van der Waals surface area (Å²) < 4.78 is 11.2. The van der Waals surface area contributed by atoms with Crippen LogP contribution in [0.1, 0.15) is 226 Å². The summed E-state index contributed by atoms with van der Waals surface area (Å²) in [7, 11) is 0. The molecule has 1 aliphatic rings. The Morgan fingerprint density at radius 2 is 0.906 bits per heavy atom. The first-order valence-corrected chi connectivity index (χ1v) is 26.5. The van der Waals surface area contributed by atoms with Crippen LogP contribution in [-0.2, 0) is 14.3 Å². The minimum Gasteiger partial charge on any atom is -0.394 e. The van der Waals surface area contributed by atoms with E-state index in [1.165, 1.54) is 148 Å². The number of unbranched alkanes of at least 4 members (excludes halogenated alkanes) is 25. The molecule has 1 amide bonds. The van der Waals surface area contributed by atoms with Crippen LogP contribution in [0.3, 0.4) is 0 Å². The van der Waals surface area contributed by atoms with Crippen molar-refractivity contribution >= 4 is 5.91 Å². The highest BCUT2D eigenvalue weighted by Gasteiger charge is 2.44. The summed E-state index contributed by atoms with van der Waals surface area (Å²) in [6, 6.07) is -0.776. The molecule has 0 spiro atoms. The van der Waals surface area contributed by atoms with Gasteiger partial charge in [-0.15, -0.1) is 0 Å². The van der Waals surface area contributed by atoms with Gasteiger partial charge in [-0.2, -0.15) is 0 Å². The van der Waals surface area contributed by atoms with Gasteiger partial charge >= 0.3 is 0 Å². The summed E-state index contributed by atoms with van der Waals surface area (Å²) >= 11 is 0. The Labute approximate surface area is 392 Å². The summed E-state index contributed by atoms with van der Waals surface area (Å²) in [4.78, 5) is 12.9. The van der Waals surface area contributed by atoms with Gasteiger partial charge in [-0.3, -0.25) is 4.79 Å². The van der Waals surface area contributed by atoms with Crippen molar-refractivity contribution in [3.8, 4) is 0 Å². The van der Waals surface area contributed by atoms with Gasteiger partial charge in [0.2, 0.25) is 5.91 Å². The molecule has 0 bridgehead atoms. The SMILES string of the molecule is CC/C=C\C/C=C\C/C=C\C/C=C\C/C=C\CC(=O)NC(COC1OC(CO)C(O)C(O)C1O)C(O)CCCCCCCCCCCCCCCCCCCCCCCCCCCC. The number of amides is 1. The summed E-state index contributed by atoms with van der Waals surface area (Å²) in [6.45, 7) is 3.67. The fraction of sp³-hybridized carbons (Fsp3) is 0.800. The van der Waals surface area contributed by atoms with Gasteiger partial charge in [0.1, 0.15) is 24.4 Å². The number of aliphatic hydroxyl groups is 5. The Morgan fingerprint density at radius 3 is 1.30 bits per heavy atom. The Hall–Kier alpha value is -2.11. The van der Waals surface area contributed by atoms with E-state index in [1.807, 2.05) is 6.08 Å². The molecule has 7 atom stereocenters. The number of hydrogen-bond acceptors (Lipinski definition) is 8. The summed E-state index contributed by atoms with van der Waals surface area (Å²) in [5.74, 6) is -0.270. The Morgan fingerprint density at radius 1 is 0.531 bits per heavy atom. The molecule has 0 aromatic rings. The molecule has 7 unspecified atom stereocenters.